The van der Waals surface area contributed by atoms with Gasteiger partial charge in [-0.25, -0.2) is 4.39 Å². The summed E-state index contributed by atoms with van der Waals surface area (Å²) in [6, 6.07) is 21.0. The minimum absolute atomic E-state index is 0.0620. The van der Waals surface area contributed by atoms with Crippen molar-refractivity contribution in [3.63, 3.8) is 0 Å². The van der Waals surface area contributed by atoms with Gasteiger partial charge in [0.1, 0.15) is 11.9 Å². The molecule has 0 bridgehead atoms. The third kappa shape index (κ3) is 6.75. The molecule has 1 aliphatic carbocycles. The van der Waals surface area contributed by atoms with E-state index >= 15 is 0 Å². The van der Waals surface area contributed by atoms with Crippen molar-refractivity contribution in [2.45, 2.75) is 56.6 Å². The van der Waals surface area contributed by atoms with Gasteiger partial charge in [0, 0.05) is 36.1 Å². The van der Waals surface area contributed by atoms with E-state index in [9.17, 15) is 11.0 Å². The molecule has 10 heteroatoms. The number of piperidine rings is 1. The molecule has 0 unspecified atom stereocenters. The van der Waals surface area contributed by atoms with E-state index in [2.05, 4.69) is 49.7 Å². The van der Waals surface area contributed by atoms with E-state index < -0.39 is 6.02 Å². The zero-order valence-corrected chi connectivity index (χ0v) is 26.3. The van der Waals surface area contributed by atoms with E-state index in [0.717, 1.165) is 44.5 Å². The summed E-state index contributed by atoms with van der Waals surface area (Å²) in [6.45, 7) is 3.16. The zero-order valence-electron chi connectivity index (χ0n) is 26.6. The number of nitrogens with one attached hydrogen (secondary N) is 4. The number of fused-ring (bicyclic) bond motifs is 1. The standard InChI is InChI=1S/C36H38ClFN8/c37-31-20-28(41-35(25-9-11-27(38)12-10-25)33-23-46(44-43-33)29-13-14-29)19-30-34(26(21-39)22-40-36(30)31)42-32(24-7-3-1-4-8-24)15-18-45-16-5-2-6-17-45/h1,3-4,7-12,19-20,22-23,29,32,35,41,43-44H,2,5-6,13-18H2,(H,40,42)/t32-,35+/m1/s1/i35D. The zero-order chi connectivity index (χ0) is 32.4. The Morgan fingerprint density at radius 2 is 1.83 bits per heavy atom. The quantitative estimate of drug-likeness (QED) is 0.135. The molecule has 0 radical (unpaired) electrons. The molecule has 2 aliphatic heterocycles. The third-order valence-corrected chi connectivity index (χ3v) is 9.24. The van der Waals surface area contributed by atoms with Gasteiger partial charge in [-0.3, -0.25) is 9.99 Å². The topological polar surface area (TPSA) is 91.3 Å². The van der Waals surface area contributed by atoms with Crippen LogP contribution in [0.5, 0.6) is 0 Å². The normalized spacial score (nSPS) is 19.0. The lowest BCUT2D eigenvalue weighted by Crippen LogP contribution is -2.38. The fourth-order valence-corrected chi connectivity index (χ4v) is 6.58. The molecule has 3 aromatic carbocycles. The van der Waals surface area contributed by atoms with Gasteiger partial charge in [0.15, 0.2) is 0 Å². The average Bonchev–Trinajstić information content (AvgIpc) is 3.83. The minimum Gasteiger partial charge on any atom is -0.377 e. The maximum atomic E-state index is 14.0. The van der Waals surface area contributed by atoms with Crippen molar-refractivity contribution in [2.75, 3.05) is 30.3 Å². The molecular formula is C36H38ClFN8. The highest BCUT2D eigenvalue weighted by atomic mass is 35.5. The Kier molecular flexibility index (Phi) is 8.57. The molecule has 46 heavy (non-hydrogen) atoms. The molecule has 236 valence electrons. The first kappa shape index (κ1) is 29.1. The van der Waals surface area contributed by atoms with Crippen molar-refractivity contribution >= 4 is 33.9 Å². The molecule has 1 aromatic heterocycles. The van der Waals surface area contributed by atoms with Crippen LogP contribution >= 0.6 is 11.6 Å². The van der Waals surface area contributed by atoms with Crippen molar-refractivity contribution in [2.24, 2.45) is 0 Å². The van der Waals surface area contributed by atoms with Crippen molar-refractivity contribution < 1.29 is 5.76 Å². The van der Waals surface area contributed by atoms with Gasteiger partial charge < -0.3 is 21.0 Å². The smallest absolute Gasteiger partial charge is 0.123 e. The summed E-state index contributed by atoms with van der Waals surface area (Å²) in [5.74, 6) is -0.380. The molecule has 2 atom stereocenters. The van der Waals surface area contributed by atoms with Crippen LogP contribution in [-0.4, -0.2) is 40.6 Å². The van der Waals surface area contributed by atoms with Gasteiger partial charge in [-0.1, -0.05) is 60.5 Å². The van der Waals surface area contributed by atoms with Crippen LogP contribution in [0.25, 0.3) is 10.9 Å². The number of hydrogen-bond acceptors (Lipinski definition) is 8. The number of likely N-dealkylation sites (tertiary alicyclic amines) is 1. The Morgan fingerprint density at radius 3 is 2.57 bits per heavy atom. The third-order valence-electron chi connectivity index (χ3n) is 8.95. The molecular weight excluding hydrogens is 599 g/mol. The summed E-state index contributed by atoms with van der Waals surface area (Å²) in [5, 5.41) is 20.4. The summed E-state index contributed by atoms with van der Waals surface area (Å²) in [7, 11) is 0. The molecule has 8 nitrogen and oxygen atoms in total. The second-order valence-electron chi connectivity index (χ2n) is 12.2. The number of anilines is 2. The van der Waals surface area contributed by atoms with Crippen molar-refractivity contribution in [3.8, 4) is 6.07 Å². The van der Waals surface area contributed by atoms with E-state index in [1.807, 2.05) is 35.5 Å². The molecule has 3 aliphatic rings. The van der Waals surface area contributed by atoms with Crippen LogP contribution in [0, 0.1) is 17.1 Å². The van der Waals surface area contributed by atoms with Gasteiger partial charge in [-0.2, -0.15) is 5.26 Å². The van der Waals surface area contributed by atoms with Crippen LogP contribution in [0.15, 0.2) is 84.8 Å². The first-order chi connectivity index (χ1) is 22.9. The number of hydrazine groups is 2. The second-order valence-corrected chi connectivity index (χ2v) is 12.6. The van der Waals surface area contributed by atoms with E-state index in [1.54, 1.807) is 24.4 Å². The number of nitriles is 1. The molecule has 2 fully saturated rings. The number of rotatable bonds is 11. The van der Waals surface area contributed by atoms with E-state index in [0.29, 0.717) is 50.2 Å². The molecule has 7 rings (SSSR count). The summed E-state index contributed by atoms with van der Waals surface area (Å²) in [6.07, 6.45) is 10.2. The SMILES string of the molecule is [2H][C@@](Nc1cc(Cl)c2ncc(C#N)c(N[C@H](CCN3CCCCC3)c3ccccc3)c2c1)(C1=CN(C2CC2)NN1)c1ccc(F)cc1. The number of aromatic nitrogens is 1. The average molecular weight is 638 g/mol. The summed E-state index contributed by atoms with van der Waals surface area (Å²) in [5.41, 5.74) is 10.7. The van der Waals surface area contributed by atoms with E-state index in [-0.39, 0.29) is 11.9 Å². The maximum absolute atomic E-state index is 14.0. The van der Waals surface area contributed by atoms with Gasteiger partial charge >= 0.3 is 0 Å². The number of halogens is 2. The first-order valence-electron chi connectivity index (χ1n) is 16.5. The van der Waals surface area contributed by atoms with Crippen molar-refractivity contribution in [1.29, 1.82) is 5.26 Å². The molecule has 3 heterocycles. The summed E-state index contributed by atoms with van der Waals surface area (Å²) in [4.78, 5) is 7.09. The monoisotopic (exact) mass is 637 g/mol. The van der Waals surface area contributed by atoms with Crippen molar-refractivity contribution in [1.82, 2.24) is 25.9 Å². The lowest BCUT2D eigenvalue weighted by atomic mass is 10.00. The molecule has 1 saturated carbocycles. The molecule has 4 aromatic rings. The first-order valence-corrected chi connectivity index (χ1v) is 16.4. The molecule has 4 N–H and O–H groups in total. The number of hydrogen-bond donors (Lipinski definition) is 4. The molecule has 0 amide bonds. The predicted octanol–water partition coefficient (Wildman–Crippen LogP) is 7.41. The fraction of sp³-hybridized carbons (Fsp3) is 0.333. The fourth-order valence-electron chi connectivity index (χ4n) is 6.31. The van der Waals surface area contributed by atoms with Crippen LogP contribution in [-0.2, 0) is 0 Å². The maximum Gasteiger partial charge on any atom is 0.123 e. The summed E-state index contributed by atoms with van der Waals surface area (Å²) >= 11 is 6.89. The Balaban J connectivity index is 1.27. The number of benzene rings is 3. The van der Waals surface area contributed by atoms with Crippen LogP contribution in [0.2, 0.25) is 5.02 Å². The Hall–Kier alpha value is -4.36. The van der Waals surface area contributed by atoms with Gasteiger partial charge in [0.25, 0.3) is 0 Å². The van der Waals surface area contributed by atoms with Gasteiger partial charge in [-0.15, -0.1) is 5.53 Å². The highest BCUT2D eigenvalue weighted by Crippen LogP contribution is 2.38. The summed E-state index contributed by atoms with van der Waals surface area (Å²) < 4.78 is 23.7. The Bertz CT molecular complexity index is 1800. The molecule has 1 saturated heterocycles. The second kappa shape index (κ2) is 13.6. The molecule has 0 spiro atoms. The van der Waals surface area contributed by atoms with Gasteiger partial charge in [-0.05, 0) is 80.6 Å². The number of nitrogens with zero attached hydrogens (tertiary/aromatic N) is 4. The van der Waals surface area contributed by atoms with Gasteiger partial charge in [0.2, 0.25) is 0 Å². The Morgan fingerprint density at radius 1 is 1.04 bits per heavy atom. The highest BCUT2D eigenvalue weighted by Gasteiger charge is 2.32. The van der Waals surface area contributed by atoms with Crippen LogP contribution in [0.4, 0.5) is 15.8 Å². The Labute approximate surface area is 275 Å². The van der Waals surface area contributed by atoms with Crippen LogP contribution in [0.3, 0.4) is 0 Å². The van der Waals surface area contributed by atoms with E-state index in [1.165, 1.54) is 31.4 Å². The highest BCUT2D eigenvalue weighted by molar-refractivity contribution is 6.35. The van der Waals surface area contributed by atoms with Gasteiger partial charge in [0.05, 0.1) is 40.9 Å². The van der Waals surface area contributed by atoms with Crippen LogP contribution in [0.1, 0.15) is 68.6 Å². The lowest BCUT2D eigenvalue weighted by molar-refractivity contribution is 0.223. The van der Waals surface area contributed by atoms with Crippen molar-refractivity contribution in [3.05, 3.63) is 112 Å². The largest absolute Gasteiger partial charge is 0.377 e. The lowest BCUT2D eigenvalue weighted by Gasteiger charge is -2.29. The van der Waals surface area contributed by atoms with E-state index in [4.69, 9.17) is 11.6 Å². The number of pyridine rings is 1. The minimum atomic E-state index is -1.53. The van der Waals surface area contributed by atoms with Crippen LogP contribution < -0.4 is 21.6 Å². The predicted molar refractivity (Wildman–Crippen MR) is 181 cm³/mol.